The summed E-state index contributed by atoms with van der Waals surface area (Å²) in [5.41, 5.74) is 4.04. The Morgan fingerprint density at radius 3 is 2.76 bits per heavy atom. The summed E-state index contributed by atoms with van der Waals surface area (Å²) in [6, 6.07) is 14.0. The van der Waals surface area contributed by atoms with Crippen molar-refractivity contribution in [2.24, 2.45) is 0 Å². The van der Waals surface area contributed by atoms with E-state index in [4.69, 9.17) is 21.1 Å². The standard InChI is InChI=1S/C29H40ClN3O3S/c1-5-15-37(34,33-13-14-35-26(19-33)20-36-25-9-7-6-8-10-25)29(21(2)3)27-16-23(30)17-28(22(27)4)32-24-11-12-31-18-24/h6-10,15-17,24,26,31-32H,5,11-14,18-20H2,1-4H3. The van der Waals surface area contributed by atoms with Gasteiger partial charge < -0.3 is 20.1 Å². The number of nitrogens with one attached hydrogen (secondary N) is 2. The predicted octanol–water partition coefficient (Wildman–Crippen LogP) is 5.36. The molecule has 2 aromatic carbocycles. The van der Waals surface area contributed by atoms with E-state index in [1.165, 1.54) is 0 Å². The van der Waals surface area contributed by atoms with Crippen LogP contribution in [-0.2, 0) is 14.4 Å². The molecule has 6 nitrogen and oxygen atoms in total. The van der Waals surface area contributed by atoms with Crippen molar-refractivity contribution in [3.05, 3.63) is 64.2 Å². The topological polar surface area (TPSA) is 62.8 Å². The largest absolute Gasteiger partial charge is 0.491 e. The van der Waals surface area contributed by atoms with Crippen LogP contribution in [0.1, 0.15) is 44.7 Å². The fourth-order valence-corrected chi connectivity index (χ4v) is 8.22. The third kappa shape index (κ3) is 6.70. The normalized spacial score (nSPS) is 21.8. The van der Waals surface area contributed by atoms with E-state index in [0.29, 0.717) is 43.8 Å². The molecular weight excluding hydrogens is 506 g/mol. The van der Waals surface area contributed by atoms with Crippen LogP contribution in [0, 0.1) is 6.92 Å². The van der Waals surface area contributed by atoms with E-state index < -0.39 is 9.71 Å². The van der Waals surface area contributed by atoms with Crippen LogP contribution < -0.4 is 15.4 Å². The molecule has 2 N–H and O–H groups in total. The van der Waals surface area contributed by atoms with Crippen LogP contribution in [0.3, 0.4) is 0 Å². The van der Waals surface area contributed by atoms with Gasteiger partial charge in [-0.3, -0.25) is 0 Å². The van der Waals surface area contributed by atoms with E-state index >= 15 is 4.21 Å². The molecule has 0 radical (unpaired) electrons. The first kappa shape index (κ1) is 28.0. The number of morpholine rings is 1. The van der Waals surface area contributed by atoms with Crippen LogP contribution in [0.4, 0.5) is 5.69 Å². The Morgan fingerprint density at radius 2 is 2.08 bits per heavy atom. The third-order valence-electron chi connectivity index (χ3n) is 6.84. The fraction of sp³-hybridized carbons (Fsp3) is 0.483. The molecule has 3 unspecified atom stereocenters. The predicted molar refractivity (Wildman–Crippen MR) is 157 cm³/mol. The van der Waals surface area contributed by atoms with Gasteiger partial charge in [-0.05, 0) is 80.9 Å². The molecule has 2 fully saturated rings. The summed E-state index contributed by atoms with van der Waals surface area (Å²) in [5, 5.41) is 9.69. The van der Waals surface area contributed by atoms with Gasteiger partial charge in [0.05, 0.1) is 21.2 Å². The number of allylic oxidation sites excluding steroid dienone is 1. The molecule has 0 bridgehead atoms. The van der Waals surface area contributed by atoms with Gasteiger partial charge in [-0.2, -0.15) is 0 Å². The first-order chi connectivity index (χ1) is 17.8. The van der Waals surface area contributed by atoms with E-state index in [0.717, 1.165) is 52.6 Å². The molecule has 8 heteroatoms. The van der Waals surface area contributed by atoms with Crippen molar-refractivity contribution >= 4 is 37.3 Å². The molecule has 0 aliphatic carbocycles. The van der Waals surface area contributed by atoms with E-state index in [2.05, 4.69) is 21.9 Å². The lowest BCUT2D eigenvalue weighted by Gasteiger charge is -2.37. The van der Waals surface area contributed by atoms with Gasteiger partial charge in [-0.25, -0.2) is 8.51 Å². The zero-order valence-corrected chi connectivity index (χ0v) is 24.0. The molecule has 0 saturated carbocycles. The fourth-order valence-electron chi connectivity index (χ4n) is 5.07. The highest BCUT2D eigenvalue weighted by Crippen LogP contribution is 2.37. The summed E-state index contributed by atoms with van der Waals surface area (Å²) in [5.74, 6) is 0.807. The lowest BCUT2D eigenvalue weighted by atomic mass is 10.0. The lowest BCUT2D eigenvalue weighted by Crippen LogP contribution is -2.48. The van der Waals surface area contributed by atoms with E-state index in [9.17, 15) is 0 Å². The van der Waals surface area contributed by atoms with Gasteiger partial charge in [-0.15, -0.1) is 0 Å². The van der Waals surface area contributed by atoms with Gasteiger partial charge in [-0.1, -0.05) is 42.3 Å². The second-order valence-corrected chi connectivity index (χ2v) is 12.8. The molecule has 37 heavy (non-hydrogen) atoms. The average molecular weight is 546 g/mol. The Labute approximate surface area is 227 Å². The minimum atomic E-state index is -2.68. The monoisotopic (exact) mass is 545 g/mol. The third-order valence-corrected chi connectivity index (χ3v) is 10.2. The van der Waals surface area contributed by atoms with Crippen LogP contribution in [0.15, 0.2) is 48.0 Å². The van der Waals surface area contributed by atoms with Crippen molar-refractivity contribution < 1.29 is 13.7 Å². The first-order valence-electron chi connectivity index (χ1n) is 13.2. The van der Waals surface area contributed by atoms with Gasteiger partial charge in [0.2, 0.25) is 0 Å². The Balaban J connectivity index is 1.65. The number of anilines is 1. The molecule has 2 aromatic rings. The second-order valence-electron chi connectivity index (χ2n) is 9.94. The summed E-state index contributed by atoms with van der Waals surface area (Å²) in [4.78, 5) is 0.853. The van der Waals surface area contributed by atoms with Crippen LogP contribution in [-0.4, -0.2) is 65.4 Å². The Morgan fingerprint density at radius 1 is 1.30 bits per heavy atom. The Hall–Kier alpha value is -2.03. The lowest BCUT2D eigenvalue weighted by molar-refractivity contribution is -0.0236. The highest BCUT2D eigenvalue weighted by atomic mass is 35.5. The Kier molecular flexibility index (Phi) is 9.59. The van der Waals surface area contributed by atoms with Crippen molar-refractivity contribution in [1.82, 2.24) is 9.62 Å². The van der Waals surface area contributed by atoms with Crippen molar-refractivity contribution in [3.63, 3.8) is 0 Å². The number of rotatable bonds is 9. The van der Waals surface area contributed by atoms with Gasteiger partial charge in [0.1, 0.15) is 18.5 Å². The number of benzene rings is 2. The van der Waals surface area contributed by atoms with E-state index in [1.807, 2.05) is 68.6 Å². The minimum absolute atomic E-state index is 0.175. The molecule has 2 saturated heterocycles. The molecule has 3 atom stereocenters. The SMILES string of the molecule is CCC=S(=O)(C(=C(C)C)c1cc(Cl)cc(NC2CCNC2)c1C)N1CCOC(COc2ccccc2)C1. The summed E-state index contributed by atoms with van der Waals surface area (Å²) < 4.78 is 29.2. The summed E-state index contributed by atoms with van der Waals surface area (Å²) in [6.07, 6.45) is 1.58. The smallest absolute Gasteiger partial charge is 0.119 e. The number of nitrogens with zero attached hydrogens (tertiary/aromatic N) is 1. The van der Waals surface area contributed by atoms with Crippen LogP contribution in [0.5, 0.6) is 5.75 Å². The first-order valence-corrected chi connectivity index (χ1v) is 15.1. The summed E-state index contributed by atoms with van der Waals surface area (Å²) in [6.45, 7) is 12.2. The van der Waals surface area contributed by atoms with Crippen LogP contribution in [0.25, 0.3) is 4.91 Å². The molecule has 0 amide bonds. The molecule has 2 aliphatic rings. The molecule has 2 heterocycles. The Bertz CT molecular complexity index is 1210. The van der Waals surface area contributed by atoms with Gasteiger partial charge in [0.15, 0.2) is 0 Å². The minimum Gasteiger partial charge on any atom is -0.491 e. The maximum absolute atomic E-state index is 15.1. The average Bonchev–Trinajstić information content (AvgIpc) is 3.39. The quantitative estimate of drug-likeness (QED) is 0.415. The van der Waals surface area contributed by atoms with Crippen molar-refractivity contribution in [2.45, 2.75) is 52.7 Å². The highest BCUT2D eigenvalue weighted by molar-refractivity contribution is 8.07. The van der Waals surface area contributed by atoms with E-state index in [1.54, 1.807) is 0 Å². The number of hydrogen-bond acceptors (Lipinski definition) is 5. The molecule has 202 valence electrons. The molecular formula is C29H40ClN3O3S. The van der Waals surface area contributed by atoms with E-state index in [-0.39, 0.29) is 6.10 Å². The van der Waals surface area contributed by atoms with Gasteiger partial charge >= 0.3 is 0 Å². The van der Waals surface area contributed by atoms with Gasteiger partial charge in [0, 0.05) is 36.4 Å². The van der Waals surface area contributed by atoms with Crippen molar-refractivity contribution in [1.29, 1.82) is 0 Å². The number of para-hydroxylation sites is 1. The summed E-state index contributed by atoms with van der Waals surface area (Å²) >= 11 is 6.66. The zero-order valence-electron chi connectivity index (χ0n) is 22.4. The zero-order chi connectivity index (χ0) is 26.4. The highest BCUT2D eigenvalue weighted by Gasteiger charge is 2.32. The number of halogens is 1. The maximum atomic E-state index is 15.1. The summed E-state index contributed by atoms with van der Waals surface area (Å²) in [7, 11) is -2.68. The second kappa shape index (κ2) is 12.7. The van der Waals surface area contributed by atoms with Crippen molar-refractivity contribution in [2.75, 3.05) is 44.7 Å². The number of hydrogen-bond donors (Lipinski definition) is 2. The van der Waals surface area contributed by atoms with Gasteiger partial charge in [0.25, 0.3) is 0 Å². The van der Waals surface area contributed by atoms with Crippen molar-refractivity contribution in [3.8, 4) is 5.75 Å². The molecule has 0 aromatic heterocycles. The molecule has 4 rings (SSSR count). The molecule has 2 aliphatic heterocycles. The van der Waals surface area contributed by atoms with Crippen LogP contribution >= 0.6 is 11.6 Å². The van der Waals surface area contributed by atoms with Crippen LogP contribution in [0.2, 0.25) is 5.02 Å². The number of ether oxygens (including phenoxy) is 2. The molecule has 0 spiro atoms. The maximum Gasteiger partial charge on any atom is 0.119 e.